The van der Waals surface area contributed by atoms with Crippen molar-refractivity contribution in [3.63, 3.8) is 0 Å². The summed E-state index contributed by atoms with van der Waals surface area (Å²) in [6.45, 7) is 0. The first kappa shape index (κ1) is 22.6. The van der Waals surface area contributed by atoms with E-state index in [-0.39, 0.29) is 67.5 Å². The number of fused-ring (bicyclic) bond motifs is 1. The molecule has 1 unspecified atom stereocenters. The van der Waals surface area contributed by atoms with E-state index in [9.17, 15) is 10.1 Å². The molecule has 14 heteroatoms. The van der Waals surface area contributed by atoms with E-state index < -0.39 is 11.6 Å². The van der Waals surface area contributed by atoms with Gasteiger partial charge in [-0.05, 0) is 30.9 Å². The first-order valence-corrected chi connectivity index (χ1v) is 11.1. The fourth-order valence-electron chi connectivity index (χ4n) is 3.79. The normalized spacial score (nSPS) is 14.0. The van der Waals surface area contributed by atoms with Crippen LogP contribution >= 0.6 is 23.2 Å². The van der Waals surface area contributed by atoms with Crippen LogP contribution in [0.25, 0.3) is 16.7 Å². The van der Waals surface area contributed by atoms with Gasteiger partial charge in [0.05, 0.1) is 39.4 Å². The highest BCUT2D eigenvalue weighted by molar-refractivity contribution is 6.39. The molecule has 1 atom stereocenters. The molecule has 0 saturated heterocycles. The fraction of sp³-hybridized carbons (Fsp3) is 0.190. The van der Waals surface area contributed by atoms with Crippen LogP contribution in [0.4, 0.5) is 23.4 Å². The largest absolute Gasteiger partial charge is 0.382 e. The molecule has 4 aromatic rings. The molecule has 0 amide bonds. The van der Waals surface area contributed by atoms with Crippen LogP contribution in [0.2, 0.25) is 10.0 Å². The van der Waals surface area contributed by atoms with Crippen molar-refractivity contribution in [1.82, 2.24) is 29.5 Å². The van der Waals surface area contributed by atoms with Crippen molar-refractivity contribution >= 4 is 57.5 Å². The fourth-order valence-corrected chi connectivity index (χ4v) is 4.22. The van der Waals surface area contributed by atoms with Gasteiger partial charge in [0.15, 0.2) is 11.6 Å². The Hall–Kier alpha value is -4.21. The van der Waals surface area contributed by atoms with Crippen molar-refractivity contribution < 1.29 is 0 Å². The standard InChI is InChI=1S/C21H17Cl2N11O/c22-10-3-4-11(23)16-14(10)20(35)34(13-7-28-12(25)6-29-13)19(31-16)15(8-1-2-8)30-18-9(5-24)17(26)32-21(27)33-18/h3-4,6-8,15H,1-2H2,(H2,25,28)(H5,26,27,30,32,33). The molecule has 12 nitrogen and oxygen atoms in total. The van der Waals surface area contributed by atoms with Gasteiger partial charge < -0.3 is 22.5 Å². The Bertz CT molecular complexity index is 1580. The predicted molar refractivity (Wildman–Crippen MR) is 132 cm³/mol. The molecule has 5 rings (SSSR count). The van der Waals surface area contributed by atoms with Crippen LogP contribution in [0, 0.1) is 17.2 Å². The van der Waals surface area contributed by atoms with E-state index in [1.165, 1.54) is 23.0 Å². The quantitative estimate of drug-likeness (QED) is 0.307. The Labute approximate surface area is 207 Å². The van der Waals surface area contributed by atoms with E-state index in [1.54, 1.807) is 6.07 Å². The van der Waals surface area contributed by atoms with Gasteiger partial charge in [-0.15, -0.1) is 0 Å². The highest BCUT2D eigenvalue weighted by Crippen LogP contribution is 2.43. The summed E-state index contributed by atoms with van der Waals surface area (Å²) in [7, 11) is 0. The summed E-state index contributed by atoms with van der Waals surface area (Å²) in [6.07, 6.45) is 4.35. The first-order valence-electron chi connectivity index (χ1n) is 10.4. The first-order chi connectivity index (χ1) is 16.8. The van der Waals surface area contributed by atoms with Gasteiger partial charge in [0.25, 0.3) is 5.56 Å². The number of halogens is 2. The van der Waals surface area contributed by atoms with Crippen LogP contribution in [0.15, 0.2) is 29.3 Å². The number of benzene rings is 1. The SMILES string of the molecule is N#Cc1c(N)nc(N)nc1NC(c1nc2c(Cl)ccc(Cl)c2c(=O)n1-c1cnc(N)cn1)C1CC1. The van der Waals surface area contributed by atoms with Crippen molar-refractivity contribution in [1.29, 1.82) is 5.26 Å². The summed E-state index contributed by atoms with van der Waals surface area (Å²) < 4.78 is 1.30. The number of anilines is 4. The Balaban J connectivity index is 1.79. The van der Waals surface area contributed by atoms with Crippen LogP contribution in [-0.4, -0.2) is 29.5 Å². The maximum absolute atomic E-state index is 13.8. The van der Waals surface area contributed by atoms with Gasteiger partial charge in [0.1, 0.15) is 29.1 Å². The molecule has 7 N–H and O–H groups in total. The second-order valence-electron chi connectivity index (χ2n) is 7.92. The van der Waals surface area contributed by atoms with Crippen LogP contribution in [-0.2, 0) is 0 Å². The molecule has 1 saturated carbocycles. The number of hydrogen-bond donors (Lipinski definition) is 4. The van der Waals surface area contributed by atoms with Gasteiger partial charge in [-0.1, -0.05) is 23.2 Å². The minimum Gasteiger partial charge on any atom is -0.382 e. The summed E-state index contributed by atoms with van der Waals surface area (Å²) >= 11 is 12.8. The van der Waals surface area contributed by atoms with Gasteiger partial charge >= 0.3 is 0 Å². The zero-order valence-corrected chi connectivity index (χ0v) is 19.4. The average Bonchev–Trinajstić information content (AvgIpc) is 3.65. The third kappa shape index (κ3) is 4.01. The van der Waals surface area contributed by atoms with Gasteiger partial charge in [0, 0.05) is 0 Å². The summed E-state index contributed by atoms with van der Waals surface area (Å²) in [5.41, 5.74) is 17.1. The molecule has 0 spiro atoms. The van der Waals surface area contributed by atoms with Crippen LogP contribution in [0.1, 0.15) is 30.3 Å². The number of rotatable bonds is 5. The van der Waals surface area contributed by atoms with Crippen LogP contribution in [0.5, 0.6) is 0 Å². The zero-order valence-electron chi connectivity index (χ0n) is 17.9. The molecule has 1 aliphatic rings. The lowest BCUT2D eigenvalue weighted by Gasteiger charge is -2.23. The highest BCUT2D eigenvalue weighted by atomic mass is 35.5. The lowest BCUT2D eigenvalue weighted by molar-refractivity contribution is 0.605. The Kier molecular flexibility index (Phi) is 5.50. The van der Waals surface area contributed by atoms with Crippen molar-refractivity contribution in [2.24, 2.45) is 5.92 Å². The van der Waals surface area contributed by atoms with Gasteiger partial charge in [-0.2, -0.15) is 15.2 Å². The van der Waals surface area contributed by atoms with Crippen molar-refractivity contribution in [3.05, 3.63) is 56.3 Å². The summed E-state index contributed by atoms with van der Waals surface area (Å²) in [6, 6.07) is 4.48. The molecule has 1 aromatic carbocycles. The third-order valence-electron chi connectivity index (χ3n) is 5.57. The summed E-state index contributed by atoms with van der Waals surface area (Å²) in [5.74, 6) is 0.625. The molecule has 176 valence electrons. The summed E-state index contributed by atoms with van der Waals surface area (Å²) in [4.78, 5) is 34.9. The molecule has 0 bridgehead atoms. The Morgan fingerprint density at radius 2 is 1.83 bits per heavy atom. The number of nitrogens with one attached hydrogen (secondary N) is 1. The van der Waals surface area contributed by atoms with Gasteiger partial charge in [-0.3, -0.25) is 4.79 Å². The van der Waals surface area contributed by atoms with E-state index in [4.69, 9.17) is 45.4 Å². The Morgan fingerprint density at radius 1 is 1.09 bits per heavy atom. The molecule has 3 heterocycles. The van der Waals surface area contributed by atoms with Crippen molar-refractivity contribution in [2.75, 3.05) is 22.5 Å². The molecular formula is C21H17Cl2N11O. The molecular weight excluding hydrogens is 493 g/mol. The second-order valence-corrected chi connectivity index (χ2v) is 8.74. The van der Waals surface area contributed by atoms with Crippen LogP contribution < -0.4 is 28.1 Å². The van der Waals surface area contributed by atoms with Crippen LogP contribution in [0.3, 0.4) is 0 Å². The maximum atomic E-state index is 13.8. The number of nitriles is 1. The topological polar surface area (TPSA) is 200 Å². The number of aromatic nitrogens is 6. The minimum absolute atomic E-state index is 0.0212. The van der Waals surface area contributed by atoms with Gasteiger partial charge in [0.2, 0.25) is 5.95 Å². The van der Waals surface area contributed by atoms with Crippen molar-refractivity contribution in [3.8, 4) is 11.9 Å². The minimum atomic E-state index is -0.595. The molecule has 1 aliphatic carbocycles. The summed E-state index contributed by atoms with van der Waals surface area (Å²) in [5, 5.41) is 13.4. The number of hydrogen-bond acceptors (Lipinski definition) is 11. The molecule has 3 aromatic heterocycles. The number of nitrogen functional groups attached to an aromatic ring is 3. The smallest absolute Gasteiger partial charge is 0.268 e. The van der Waals surface area contributed by atoms with E-state index >= 15 is 0 Å². The van der Waals surface area contributed by atoms with Gasteiger partial charge in [-0.25, -0.2) is 19.5 Å². The maximum Gasteiger partial charge on any atom is 0.268 e. The highest BCUT2D eigenvalue weighted by Gasteiger charge is 2.37. The van der Waals surface area contributed by atoms with E-state index in [0.29, 0.717) is 0 Å². The monoisotopic (exact) mass is 509 g/mol. The van der Waals surface area contributed by atoms with E-state index in [0.717, 1.165) is 12.8 Å². The van der Waals surface area contributed by atoms with E-state index in [1.807, 2.05) is 6.07 Å². The lowest BCUT2D eigenvalue weighted by atomic mass is 10.1. The zero-order chi connectivity index (χ0) is 24.9. The lowest BCUT2D eigenvalue weighted by Crippen LogP contribution is -2.30. The predicted octanol–water partition coefficient (Wildman–Crippen LogP) is 2.45. The number of nitrogens with zero attached hydrogens (tertiary/aromatic N) is 7. The van der Waals surface area contributed by atoms with Crippen molar-refractivity contribution in [2.45, 2.75) is 18.9 Å². The molecule has 0 radical (unpaired) electrons. The van der Waals surface area contributed by atoms with E-state index in [2.05, 4.69) is 25.3 Å². The molecule has 0 aliphatic heterocycles. The molecule has 1 fully saturated rings. The third-order valence-corrected chi connectivity index (χ3v) is 6.19. The second kappa shape index (κ2) is 8.53. The molecule has 35 heavy (non-hydrogen) atoms. The average molecular weight is 510 g/mol. The Morgan fingerprint density at radius 3 is 2.49 bits per heavy atom. The number of nitrogens with two attached hydrogens (primary N) is 3.